The van der Waals surface area contributed by atoms with E-state index in [4.69, 9.17) is 11.6 Å². The first kappa shape index (κ1) is 19.0. The molecule has 0 fully saturated rings. The number of carbonyl (C=O) groups excluding carboxylic acids is 1. The van der Waals surface area contributed by atoms with E-state index in [0.717, 1.165) is 0 Å². The molecule has 9 heteroatoms. The SMILES string of the molecule is O=C(Nc1nc2c(Cl)cccc2[nH]1)c1ccc(NS(=O)(=O)c2ccccc2)cc1. The van der Waals surface area contributed by atoms with Gasteiger partial charge in [-0.05, 0) is 48.5 Å². The number of carbonyl (C=O) groups is 1. The standard InChI is InChI=1S/C20H15ClN4O3S/c21-16-7-4-8-17-18(16)23-20(22-17)24-19(26)13-9-11-14(12-10-13)25-29(27,28)15-5-2-1-3-6-15/h1-12,25H,(H2,22,23,24,26). The lowest BCUT2D eigenvalue weighted by molar-refractivity contribution is 0.102. The summed E-state index contributed by atoms with van der Waals surface area (Å²) in [5.74, 6) is -0.121. The van der Waals surface area contributed by atoms with Crippen molar-refractivity contribution in [3.05, 3.63) is 83.4 Å². The van der Waals surface area contributed by atoms with Crippen molar-refractivity contribution in [2.24, 2.45) is 0 Å². The second-order valence-electron chi connectivity index (χ2n) is 6.17. The number of nitrogens with one attached hydrogen (secondary N) is 3. The minimum Gasteiger partial charge on any atom is -0.324 e. The summed E-state index contributed by atoms with van der Waals surface area (Å²) in [4.78, 5) is 19.9. The molecule has 0 atom stereocenters. The molecular formula is C20H15ClN4O3S. The maximum absolute atomic E-state index is 12.5. The van der Waals surface area contributed by atoms with Crippen LogP contribution in [0.2, 0.25) is 5.02 Å². The van der Waals surface area contributed by atoms with Gasteiger partial charge in [0.05, 0.1) is 15.4 Å². The van der Waals surface area contributed by atoms with Gasteiger partial charge in [-0.25, -0.2) is 13.4 Å². The minimum absolute atomic E-state index is 0.158. The Kier molecular flexibility index (Phi) is 4.96. The summed E-state index contributed by atoms with van der Waals surface area (Å²) < 4.78 is 27.2. The summed E-state index contributed by atoms with van der Waals surface area (Å²) >= 11 is 6.09. The second-order valence-corrected chi connectivity index (χ2v) is 8.26. The molecule has 1 aromatic heterocycles. The molecule has 0 radical (unpaired) electrons. The van der Waals surface area contributed by atoms with Gasteiger partial charge in [-0.15, -0.1) is 0 Å². The van der Waals surface area contributed by atoms with Crippen LogP contribution in [-0.2, 0) is 10.0 Å². The molecule has 0 aliphatic carbocycles. The van der Waals surface area contributed by atoms with Gasteiger partial charge in [0.25, 0.3) is 15.9 Å². The molecule has 1 heterocycles. The Morgan fingerprint density at radius 1 is 0.931 bits per heavy atom. The number of halogens is 1. The fraction of sp³-hybridized carbons (Fsp3) is 0. The van der Waals surface area contributed by atoms with E-state index in [1.165, 1.54) is 36.4 Å². The van der Waals surface area contributed by atoms with Crippen LogP contribution in [0.5, 0.6) is 0 Å². The zero-order chi connectivity index (χ0) is 20.4. The molecule has 29 heavy (non-hydrogen) atoms. The Balaban J connectivity index is 1.48. The topological polar surface area (TPSA) is 104 Å². The van der Waals surface area contributed by atoms with E-state index in [1.54, 1.807) is 36.4 Å². The van der Waals surface area contributed by atoms with Gasteiger partial charge in [-0.1, -0.05) is 35.9 Å². The number of aromatic amines is 1. The Morgan fingerprint density at radius 3 is 2.34 bits per heavy atom. The van der Waals surface area contributed by atoms with Gasteiger partial charge in [0.1, 0.15) is 5.52 Å². The number of anilines is 2. The Morgan fingerprint density at radius 2 is 1.66 bits per heavy atom. The lowest BCUT2D eigenvalue weighted by Gasteiger charge is -2.08. The molecule has 0 aliphatic heterocycles. The molecule has 0 bridgehead atoms. The first-order valence-electron chi connectivity index (χ1n) is 8.56. The normalized spacial score (nSPS) is 11.3. The summed E-state index contributed by atoms with van der Waals surface area (Å²) in [5, 5.41) is 3.15. The average Bonchev–Trinajstić information content (AvgIpc) is 3.13. The molecule has 1 amide bonds. The molecule has 3 aromatic carbocycles. The van der Waals surface area contributed by atoms with Gasteiger partial charge < -0.3 is 4.98 Å². The number of aromatic nitrogens is 2. The van der Waals surface area contributed by atoms with Crippen LogP contribution in [0.15, 0.2) is 77.7 Å². The zero-order valence-corrected chi connectivity index (χ0v) is 16.5. The van der Waals surface area contributed by atoms with Crippen molar-refractivity contribution in [2.45, 2.75) is 4.90 Å². The number of fused-ring (bicyclic) bond motifs is 1. The molecule has 146 valence electrons. The summed E-state index contributed by atoms with van der Waals surface area (Å²) in [5.41, 5.74) is 1.97. The van der Waals surface area contributed by atoms with Crippen molar-refractivity contribution in [3.8, 4) is 0 Å². The Labute approximate surface area is 171 Å². The van der Waals surface area contributed by atoms with Gasteiger partial charge >= 0.3 is 0 Å². The monoisotopic (exact) mass is 426 g/mol. The van der Waals surface area contributed by atoms with Crippen LogP contribution in [0.1, 0.15) is 10.4 Å². The van der Waals surface area contributed by atoms with Crippen LogP contribution in [0, 0.1) is 0 Å². The molecule has 0 spiro atoms. The minimum atomic E-state index is -3.69. The van der Waals surface area contributed by atoms with E-state index in [2.05, 4.69) is 20.0 Å². The highest BCUT2D eigenvalue weighted by molar-refractivity contribution is 7.92. The van der Waals surface area contributed by atoms with Gasteiger partial charge in [-0.3, -0.25) is 14.8 Å². The summed E-state index contributed by atoms with van der Waals surface area (Å²) in [6.45, 7) is 0. The zero-order valence-electron chi connectivity index (χ0n) is 14.9. The fourth-order valence-corrected chi connectivity index (χ4v) is 4.04. The number of hydrogen-bond donors (Lipinski definition) is 3. The maximum Gasteiger partial charge on any atom is 0.261 e. The van der Waals surface area contributed by atoms with Crippen LogP contribution in [0.4, 0.5) is 11.6 Å². The van der Waals surface area contributed by atoms with E-state index >= 15 is 0 Å². The van der Waals surface area contributed by atoms with Crippen LogP contribution < -0.4 is 10.0 Å². The third-order valence-corrected chi connectivity index (χ3v) is 5.85. The number of H-pyrrole nitrogens is 1. The maximum atomic E-state index is 12.5. The van der Waals surface area contributed by atoms with Crippen molar-refractivity contribution >= 4 is 50.2 Å². The van der Waals surface area contributed by atoms with Gasteiger partial charge in [0.15, 0.2) is 0 Å². The summed E-state index contributed by atoms with van der Waals surface area (Å²) in [6, 6.07) is 19.4. The van der Waals surface area contributed by atoms with Crippen molar-refractivity contribution in [3.63, 3.8) is 0 Å². The highest BCUT2D eigenvalue weighted by Crippen LogP contribution is 2.23. The summed E-state index contributed by atoms with van der Waals surface area (Å²) in [6.07, 6.45) is 0. The average molecular weight is 427 g/mol. The second kappa shape index (κ2) is 7.57. The lowest BCUT2D eigenvalue weighted by atomic mass is 10.2. The van der Waals surface area contributed by atoms with E-state index in [0.29, 0.717) is 27.3 Å². The van der Waals surface area contributed by atoms with Crippen molar-refractivity contribution in [1.82, 2.24) is 9.97 Å². The molecule has 0 saturated carbocycles. The molecule has 7 nitrogen and oxygen atoms in total. The molecule has 4 aromatic rings. The number of amides is 1. The predicted molar refractivity (Wildman–Crippen MR) is 113 cm³/mol. The number of hydrogen-bond acceptors (Lipinski definition) is 4. The highest BCUT2D eigenvalue weighted by Gasteiger charge is 2.14. The van der Waals surface area contributed by atoms with E-state index < -0.39 is 15.9 Å². The number of benzene rings is 3. The first-order chi connectivity index (χ1) is 13.9. The molecular weight excluding hydrogens is 412 g/mol. The summed E-state index contributed by atoms with van der Waals surface area (Å²) in [7, 11) is -3.69. The largest absolute Gasteiger partial charge is 0.324 e. The van der Waals surface area contributed by atoms with Crippen LogP contribution in [-0.4, -0.2) is 24.3 Å². The van der Waals surface area contributed by atoms with Crippen molar-refractivity contribution in [2.75, 3.05) is 10.0 Å². The van der Waals surface area contributed by atoms with Crippen molar-refractivity contribution in [1.29, 1.82) is 0 Å². The number of sulfonamides is 1. The molecule has 4 rings (SSSR count). The van der Waals surface area contributed by atoms with E-state index in [1.807, 2.05) is 0 Å². The number of nitrogens with zero attached hydrogens (tertiary/aromatic N) is 1. The third kappa shape index (κ3) is 4.08. The quantitative estimate of drug-likeness (QED) is 0.443. The highest BCUT2D eigenvalue weighted by atomic mass is 35.5. The van der Waals surface area contributed by atoms with Gasteiger partial charge in [-0.2, -0.15) is 0 Å². The molecule has 3 N–H and O–H groups in total. The molecule has 0 unspecified atom stereocenters. The van der Waals surface area contributed by atoms with Gasteiger partial charge in [0.2, 0.25) is 5.95 Å². The Hall–Kier alpha value is -3.36. The Bertz CT molecular complexity index is 1290. The predicted octanol–water partition coefficient (Wildman–Crippen LogP) is 4.27. The fourth-order valence-electron chi connectivity index (χ4n) is 2.74. The number of para-hydroxylation sites is 1. The third-order valence-electron chi connectivity index (χ3n) is 4.15. The van der Waals surface area contributed by atoms with Crippen LogP contribution in [0.3, 0.4) is 0 Å². The van der Waals surface area contributed by atoms with E-state index in [-0.39, 0.29) is 10.8 Å². The number of imidazole rings is 1. The lowest BCUT2D eigenvalue weighted by Crippen LogP contribution is -2.14. The smallest absolute Gasteiger partial charge is 0.261 e. The van der Waals surface area contributed by atoms with E-state index in [9.17, 15) is 13.2 Å². The van der Waals surface area contributed by atoms with Crippen LogP contribution in [0.25, 0.3) is 11.0 Å². The van der Waals surface area contributed by atoms with Crippen molar-refractivity contribution < 1.29 is 13.2 Å². The number of rotatable bonds is 5. The molecule has 0 saturated heterocycles. The first-order valence-corrected chi connectivity index (χ1v) is 10.4. The van der Waals surface area contributed by atoms with Crippen LogP contribution >= 0.6 is 11.6 Å². The van der Waals surface area contributed by atoms with Gasteiger partial charge in [0, 0.05) is 11.3 Å². The molecule has 0 aliphatic rings.